The Labute approximate surface area is 130 Å². The summed E-state index contributed by atoms with van der Waals surface area (Å²) in [4.78, 5) is 12.3. The third-order valence-electron chi connectivity index (χ3n) is 3.10. The summed E-state index contributed by atoms with van der Waals surface area (Å²) in [5.74, 6) is -0.0254. The number of amides is 1. The van der Waals surface area contributed by atoms with Gasteiger partial charge in [0, 0.05) is 24.0 Å². The molecule has 0 radical (unpaired) electrons. The molecule has 1 amide bonds. The summed E-state index contributed by atoms with van der Waals surface area (Å²) >= 11 is 3.50. The van der Waals surface area contributed by atoms with Crippen molar-refractivity contribution in [3.8, 4) is 0 Å². The smallest absolute Gasteiger partial charge is 0.251 e. The van der Waals surface area contributed by atoms with Crippen molar-refractivity contribution in [2.75, 3.05) is 20.3 Å². The third kappa shape index (κ3) is 5.63. The van der Waals surface area contributed by atoms with E-state index < -0.39 is 0 Å². The zero-order valence-electron chi connectivity index (χ0n) is 12.7. The van der Waals surface area contributed by atoms with Crippen LogP contribution in [0.3, 0.4) is 0 Å². The molecule has 1 atom stereocenters. The minimum absolute atomic E-state index is 0.0254. The van der Waals surface area contributed by atoms with Crippen molar-refractivity contribution in [2.45, 2.75) is 37.4 Å². The Balaban J connectivity index is 2.48. The van der Waals surface area contributed by atoms with Crippen molar-refractivity contribution in [1.82, 2.24) is 5.32 Å². The number of rotatable bonds is 6. The maximum atomic E-state index is 12.0. The molecular weight excluding hydrogens is 318 g/mol. The number of hydrogen-bond acceptors (Lipinski definition) is 2. The van der Waals surface area contributed by atoms with E-state index in [4.69, 9.17) is 4.74 Å². The normalized spacial score (nSPS) is 13.1. The second-order valence-corrected chi connectivity index (χ2v) is 7.22. The Morgan fingerprint density at radius 1 is 1.30 bits per heavy atom. The first-order valence-electron chi connectivity index (χ1n) is 6.86. The quantitative estimate of drug-likeness (QED) is 0.804. The molecule has 1 rings (SSSR count). The highest BCUT2D eigenvalue weighted by molar-refractivity contribution is 9.09. The molecule has 0 bridgehead atoms. The van der Waals surface area contributed by atoms with Gasteiger partial charge in [-0.1, -0.05) is 48.8 Å². The van der Waals surface area contributed by atoms with Gasteiger partial charge in [-0.2, -0.15) is 0 Å². The molecule has 1 aromatic rings. The molecule has 0 aliphatic heterocycles. The van der Waals surface area contributed by atoms with Crippen molar-refractivity contribution in [2.24, 2.45) is 0 Å². The highest BCUT2D eigenvalue weighted by Crippen LogP contribution is 2.22. The van der Waals surface area contributed by atoms with Gasteiger partial charge in [0.05, 0.1) is 6.61 Å². The van der Waals surface area contributed by atoms with Gasteiger partial charge in [-0.3, -0.25) is 4.79 Å². The highest BCUT2D eigenvalue weighted by Gasteiger charge is 2.14. The molecule has 0 saturated heterocycles. The van der Waals surface area contributed by atoms with Gasteiger partial charge in [0.2, 0.25) is 0 Å². The van der Waals surface area contributed by atoms with Crippen LogP contribution < -0.4 is 5.32 Å². The van der Waals surface area contributed by atoms with Gasteiger partial charge >= 0.3 is 0 Å². The molecule has 1 unspecified atom stereocenters. The van der Waals surface area contributed by atoms with Crippen LogP contribution in [0.4, 0.5) is 0 Å². The first-order valence-corrected chi connectivity index (χ1v) is 7.78. The maximum Gasteiger partial charge on any atom is 0.251 e. The molecule has 0 spiro atoms. The van der Waals surface area contributed by atoms with E-state index in [2.05, 4.69) is 42.0 Å². The highest BCUT2D eigenvalue weighted by atomic mass is 79.9. The fourth-order valence-electron chi connectivity index (χ4n) is 1.83. The van der Waals surface area contributed by atoms with E-state index in [1.54, 1.807) is 7.11 Å². The van der Waals surface area contributed by atoms with Crippen LogP contribution in [0.2, 0.25) is 0 Å². The molecule has 20 heavy (non-hydrogen) atoms. The second-order valence-electron chi connectivity index (χ2n) is 5.92. The van der Waals surface area contributed by atoms with E-state index in [0.29, 0.717) is 18.7 Å². The third-order valence-corrected chi connectivity index (χ3v) is 3.83. The lowest BCUT2D eigenvalue weighted by Crippen LogP contribution is -2.27. The van der Waals surface area contributed by atoms with Crippen LogP contribution >= 0.6 is 15.9 Å². The number of carbonyl (C=O) groups is 1. The molecule has 1 N–H and O–H groups in total. The molecule has 0 saturated carbocycles. The Hall–Kier alpha value is -0.870. The summed E-state index contributed by atoms with van der Waals surface area (Å²) in [6.45, 7) is 7.77. The van der Waals surface area contributed by atoms with E-state index in [1.807, 2.05) is 24.3 Å². The van der Waals surface area contributed by atoms with Gasteiger partial charge in [0.1, 0.15) is 0 Å². The number of hydrogen-bond donors (Lipinski definition) is 1. The minimum atomic E-state index is -0.0254. The van der Waals surface area contributed by atoms with Crippen molar-refractivity contribution in [1.29, 1.82) is 0 Å². The average molecular weight is 342 g/mol. The van der Waals surface area contributed by atoms with Crippen LogP contribution in [0, 0.1) is 0 Å². The lowest BCUT2D eigenvalue weighted by atomic mass is 9.87. The lowest BCUT2D eigenvalue weighted by molar-refractivity contribution is 0.0952. The molecule has 0 heterocycles. The lowest BCUT2D eigenvalue weighted by Gasteiger charge is -2.19. The Bertz CT molecular complexity index is 423. The topological polar surface area (TPSA) is 38.3 Å². The molecule has 0 aliphatic rings. The van der Waals surface area contributed by atoms with E-state index in [1.165, 1.54) is 5.56 Å². The van der Waals surface area contributed by atoms with E-state index >= 15 is 0 Å². The summed E-state index contributed by atoms with van der Waals surface area (Å²) in [5, 5.41) is 2.92. The summed E-state index contributed by atoms with van der Waals surface area (Å²) in [6, 6.07) is 7.81. The van der Waals surface area contributed by atoms with Crippen molar-refractivity contribution < 1.29 is 9.53 Å². The van der Waals surface area contributed by atoms with Gasteiger partial charge in [-0.25, -0.2) is 0 Å². The Morgan fingerprint density at radius 3 is 2.40 bits per heavy atom. The van der Waals surface area contributed by atoms with E-state index in [-0.39, 0.29) is 16.1 Å². The van der Waals surface area contributed by atoms with Crippen molar-refractivity contribution in [3.63, 3.8) is 0 Å². The summed E-state index contributed by atoms with van der Waals surface area (Å²) < 4.78 is 5.03. The monoisotopic (exact) mass is 341 g/mol. The van der Waals surface area contributed by atoms with Gasteiger partial charge in [0.15, 0.2) is 0 Å². The maximum absolute atomic E-state index is 12.0. The van der Waals surface area contributed by atoms with Gasteiger partial charge in [-0.05, 0) is 29.5 Å². The summed E-state index contributed by atoms with van der Waals surface area (Å²) in [6.07, 6.45) is 0.847. The predicted octanol–water partition coefficient (Wildman–Crippen LogP) is 3.51. The molecule has 4 heteroatoms. The SMILES string of the molecule is COCC(Br)CCNC(=O)c1ccc(C(C)(C)C)cc1. The number of benzene rings is 1. The van der Waals surface area contributed by atoms with Crippen molar-refractivity contribution >= 4 is 21.8 Å². The molecule has 3 nitrogen and oxygen atoms in total. The van der Waals surface area contributed by atoms with Gasteiger partial charge in [0.25, 0.3) is 5.91 Å². The number of ether oxygens (including phenoxy) is 1. The molecule has 0 fully saturated rings. The standard InChI is InChI=1S/C16H24BrNO2/c1-16(2,3)13-7-5-12(6-8-13)15(19)18-10-9-14(17)11-20-4/h5-8,14H,9-11H2,1-4H3,(H,18,19). The fourth-order valence-corrected chi connectivity index (χ4v) is 2.32. The molecule has 0 aliphatic carbocycles. The average Bonchev–Trinajstić information content (AvgIpc) is 2.38. The number of methoxy groups -OCH3 is 1. The predicted molar refractivity (Wildman–Crippen MR) is 86.7 cm³/mol. The minimum Gasteiger partial charge on any atom is -0.384 e. The number of alkyl halides is 1. The Morgan fingerprint density at radius 2 is 1.90 bits per heavy atom. The molecule has 1 aromatic carbocycles. The van der Waals surface area contributed by atoms with Crippen LogP contribution in [-0.4, -0.2) is 31.0 Å². The van der Waals surface area contributed by atoms with E-state index in [9.17, 15) is 4.79 Å². The van der Waals surface area contributed by atoms with Crippen LogP contribution in [0.25, 0.3) is 0 Å². The largest absolute Gasteiger partial charge is 0.384 e. The molecule has 112 valence electrons. The number of carbonyl (C=O) groups excluding carboxylic acids is 1. The summed E-state index contributed by atoms with van der Waals surface area (Å²) in [5.41, 5.74) is 2.05. The zero-order chi connectivity index (χ0) is 15.2. The van der Waals surface area contributed by atoms with Gasteiger partial charge in [-0.15, -0.1) is 0 Å². The Kier molecular flexibility index (Phi) is 6.69. The first kappa shape index (κ1) is 17.2. The number of halogens is 1. The van der Waals surface area contributed by atoms with E-state index in [0.717, 1.165) is 6.42 Å². The second kappa shape index (κ2) is 7.79. The molecule has 0 aromatic heterocycles. The van der Waals surface area contributed by atoms with Crippen molar-refractivity contribution in [3.05, 3.63) is 35.4 Å². The van der Waals surface area contributed by atoms with Crippen LogP contribution in [-0.2, 0) is 10.2 Å². The zero-order valence-corrected chi connectivity index (χ0v) is 14.3. The fraction of sp³-hybridized carbons (Fsp3) is 0.562. The summed E-state index contributed by atoms with van der Waals surface area (Å²) in [7, 11) is 1.67. The van der Waals surface area contributed by atoms with Crippen LogP contribution in [0.1, 0.15) is 43.1 Å². The van der Waals surface area contributed by atoms with Crippen LogP contribution in [0.5, 0.6) is 0 Å². The van der Waals surface area contributed by atoms with Crippen LogP contribution in [0.15, 0.2) is 24.3 Å². The molecular formula is C16H24BrNO2. The van der Waals surface area contributed by atoms with Gasteiger partial charge < -0.3 is 10.1 Å². The number of nitrogens with one attached hydrogen (secondary N) is 1. The first-order chi connectivity index (χ1) is 9.34.